The molecule has 0 saturated carbocycles. The van der Waals surface area contributed by atoms with Crippen LogP contribution < -0.4 is 0 Å². The van der Waals surface area contributed by atoms with E-state index < -0.39 is 5.92 Å². The average molecular weight is 400 g/mol. The van der Waals surface area contributed by atoms with E-state index in [-0.39, 0.29) is 11.8 Å². The van der Waals surface area contributed by atoms with E-state index in [1.807, 2.05) is 36.4 Å². The molecule has 0 aromatic heterocycles. The van der Waals surface area contributed by atoms with Gasteiger partial charge in [-0.2, -0.15) is 0 Å². The highest BCUT2D eigenvalue weighted by molar-refractivity contribution is 5.78. The molecule has 1 unspecified atom stereocenters. The van der Waals surface area contributed by atoms with Crippen molar-refractivity contribution in [2.24, 2.45) is 0 Å². The van der Waals surface area contributed by atoms with Crippen molar-refractivity contribution in [1.29, 1.82) is 0 Å². The number of hydrogen-bond acceptors (Lipinski definition) is 3. The van der Waals surface area contributed by atoms with Crippen LogP contribution in [0.1, 0.15) is 57.9 Å². The summed E-state index contributed by atoms with van der Waals surface area (Å²) in [6, 6.07) is 14.4. The van der Waals surface area contributed by atoms with E-state index >= 15 is 0 Å². The van der Waals surface area contributed by atoms with Crippen LogP contribution in [-0.2, 0) is 9.53 Å². The standard InChI is InChI=1S/C25H34FNO2/c1-4-6-15-27(16-7-5-2)17-18-29-25(28)20(3)22-13-14-23(24(26)19-22)21-11-9-8-10-12-21/h8-14,19-20H,4-7,15-18H2,1-3H3. The average Bonchev–Trinajstić information content (AvgIpc) is 2.75. The molecule has 158 valence electrons. The lowest BCUT2D eigenvalue weighted by molar-refractivity contribution is -0.145. The van der Waals surface area contributed by atoms with Crippen molar-refractivity contribution in [3.05, 3.63) is 59.9 Å². The number of carbonyl (C=O) groups excluding carboxylic acids is 1. The number of unbranched alkanes of at least 4 members (excludes halogenated alkanes) is 2. The lowest BCUT2D eigenvalue weighted by Gasteiger charge is -2.22. The SMILES string of the molecule is CCCCN(CCCC)CCOC(=O)C(C)c1ccc(-c2ccccc2)c(F)c1. The lowest BCUT2D eigenvalue weighted by atomic mass is 9.97. The van der Waals surface area contributed by atoms with Crippen LogP contribution in [0.4, 0.5) is 4.39 Å². The maximum absolute atomic E-state index is 14.6. The van der Waals surface area contributed by atoms with Gasteiger partial charge < -0.3 is 4.74 Å². The van der Waals surface area contributed by atoms with Crippen LogP contribution in [-0.4, -0.2) is 37.1 Å². The van der Waals surface area contributed by atoms with Gasteiger partial charge >= 0.3 is 5.97 Å². The molecule has 0 saturated heterocycles. The minimum Gasteiger partial charge on any atom is -0.464 e. The highest BCUT2D eigenvalue weighted by atomic mass is 19.1. The molecular weight excluding hydrogens is 365 g/mol. The highest BCUT2D eigenvalue weighted by Crippen LogP contribution is 2.26. The molecule has 0 heterocycles. The van der Waals surface area contributed by atoms with Crippen molar-refractivity contribution >= 4 is 5.97 Å². The molecule has 2 aromatic rings. The Morgan fingerprint density at radius 3 is 2.24 bits per heavy atom. The lowest BCUT2D eigenvalue weighted by Crippen LogP contribution is -2.31. The van der Waals surface area contributed by atoms with Gasteiger partial charge in [0.1, 0.15) is 12.4 Å². The second-order valence-corrected chi connectivity index (χ2v) is 7.54. The summed E-state index contributed by atoms with van der Waals surface area (Å²) in [4.78, 5) is 14.8. The fourth-order valence-corrected chi connectivity index (χ4v) is 3.29. The normalized spacial score (nSPS) is 12.2. The minimum atomic E-state index is -0.492. The molecule has 0 bridgehead atoms. The van der Waals surface area contributed by atoms with Crippen molar-refractivity contribution < 1.29 is 13.9 Å². The van der Waals surface area contributed by atoms with Gasteiger partial charge in [0.25, 0.3) is 0 Å². The summed E-state index contributed by atoms with van der Waals surface area (Å²) in [6.07, 6.45) is 4.62. The van der Waals surface area contributed by atoms with Crippen LogP contribution in [0.5, 0.6) is 0 Å². The third kappa shape index (κ3) is 7.28. The van der Waals surface area contributed by atoms with Gasteiger partial charge in [-0.05, 0) is 50.0 Å². The van der Waals surface area contributed by atoms with Crippen molar-refractivity contribution in [1.82, 2.24) is 4.90 Å². The Balaban J connectivity index is 1.91. The van der Waals surface area contributed by atoms with Crippen molar-refractivity contribution in [3.8, 4) is 11.1 Å². The van der Waals surface area contributed by atoms with Crippen LogP contribution >= 0.6 is 0 Å². The van der Waals surface area contributed by atoms with Crippen LogP contribution in [0, 0.1) is 5.82 Å². The van der Waals surface area contributed by atoms with E-state index in [0.717, 1.165) is 50.9 Å². The molecule has 0 N–H and O–H groups in total. The minimum absolute atomic E-state index is 0.303. The Labute approximate surface area is 174 Å². The Hall–Kier alpha value is -2.20. The Morgan fingerprint density at radius 1 is 1.00 bits per heavy atom. The van der Waals surface area contributed by atoms with Crippen molar-refractivity contribution in [2.75, 3.05) is 26.2 Å². The number of hydrogen-bond donors (Lipinski definition) is 0. The zero-order chi connectivity index (χ0) is 21.1. The quantitative estimate of drug-likeness (QED) is 0.407. The second kappa shape index (κ2) is 12.4. The van der Waals surface area contributed by atoms with Gasteiger partial charge in [0, 0.05) is 12.1 Å². The molecule has 0 spiro atoms. The first kappa shape index (κ1) is 23.1. The molecule has 2 rings (SSSR count). The molecular formula is C25H34FNO2. The van der Waals surface area contributed by atoms with Gasteiger partial charge in [0.15, 0.2) is 0 Å². The Bertz CT molecular complexity index is 740. The highest BCUT2D eigenvalue weighted by Gasteiger charge is 2.19. The summed E-state index contributed by atoms with van der Waals surface area (Å²) in [5, 5.41) is 0. The summed E-state index contributed by atoms with van der Waals surface area (Å²) in [6.45, 7) is 9.33. The van der Waals surface area contributed by atoms with Gasteiger partial charge in [-0.3, -0.25) is 9.69 Å². The molecule has 0 amide bonds. The Kier molecular flexibility index (Phi) is 9.85. The van der Waals surface area contributed by atoms with Crippen LogP contribution in [0.15, 0.2) is 48.5 Å². The molecule has 0 radical (unpaired) electrons. The fourth-order valence-electron chi connectivity index (χ4n) is 3.29. The van der Waals surface area contributed by atoms with Crippen molar-refractivity contribution in [2.45, 2.75) is 52.4 Å². The van der Waals surface area contributed by atoms with E-state index in [0.29, 0.717) is 17.7 Å². The zero-order valence-corrected chi connectivity index (χ0v) is 18.0. The molecule has 2 aromatic carbocycles. The zero-order valence-electron chi connectivity index (χ0n) is 18.0. The van der Waals surface area contributed by atoms with Crippen LogP contribution in [0.2, 0.25) is 0 Å². The predicted molar refractivity (Wildman–Crippen MR) is 117 cm³/mol. The maximum atomic E-state index is 14.6. The van der Waals surface area contributed by atoms with Crippen LogP contribution in [0.3, 0.4) is 0 Å². The van der Waals surface area contributed by atoms with Gasteiger partial charge in [-0.1, -0.05) is 69.2 Å². The summed E-state index contributed by atoms with van der Waals surface area (Å²) >= 11 is 0. The third-order valence-corrected chi connectivity index (χ3v) is 5.24. The topological polar surface area (TPSA) is 29.5 Å². The fraction of sp³-hybridized carbons (Fsp3) is 0.480. The summed E-state index contributed by atoms with van der Waals surface area (Å²) in [5.74, 6) is -1.12. The van der Waals surface area contributed by atoms with Gasteiger partial charge in [-0.15, -0.1) is 0 Å². The molecule has 4 heteroatoms. The number of carbonyl (C=O) groups is 1. The smallest absolute Gasteiger partial charge is 0.313 e. The molecule has 1 atom stereocenters. The number of nitrogens with zero attached hydrogens (tertiary/aromatic N) is 1. The number of ether oxygens (including phenoxy) is 1. The molecule has 0 fully saturated rings. The second-order valence-electron chi connectivity index (χ2n) is 7.54. The summed E-state index contributed by atoms with van der Waals surface area (Å²) in [7, 11) is 0. The molecule has 3 nitrogen and oxygen atoms in total. The van der Waals surface area contributed by atoms with Gasteiger partial charge in [-0.25, -0.2) is 4.39 Å². The molecule has 0 aliphatic carbocycles. The van der Waals surface area contributed by atoms with E-state index in [2.05, 4.69) is 18.7 Å². The monoisotopic (exact) mass is 399 g/mol. The largest absolute Gasteiger partial charge is 0.464 e. The number of benzene rings is 2. The summed E-state index contributed by atoms with van der Waals surface area (Å²) in [5.41, 5.74) is 2.00. The van der Waals surface area contributed by atoms with Gasteiger partial charge in [0.2, 0.25) is 0 Å². The van der Waals surface area contributed by atoms with Crippen molar-refractivity contribution in [3.63, 3.8) is 0 Å². The van der Waals surface area contributed by atoms with E-state index in [1.165, 1.54) is 6.07 Å². The number of halogens is 1. The van der Waals surface area contributed by atoms with E-state index in [4.69, 9.17) is 4.74 Å². The molecule has 0 aliphatic rings. The first-order chi connectivity index (χ1) is 14.1. The predicted octanol–water partition coefficient (Wildman–Crippen LogP) is 6.04. The van der Waals surface area contributed by atoms with Gasteiger partial charge in [0.05, 0.1) is 5.92 Å². The third-order valence-electron chi connectivity index (χ3n) is 5.24. The summed E-state index contributed by atoms with van der Waals surface area (Å²) < 4.78 is 20.1. The first-order valence-electron chi connectivity index (χ1n) is 10.8. The van der Waals surface area contributed by atoms with E-state index in [9.17, 15) is 9.18 Å². The first-order valence-corrected chi connectivity index (χ1v) is 10.8. The maximum Gasteiger partial charge on any atom is 0.313 e. The molecule has 0 aliphatic heterocycles. The Morgan fingerprint density at radius 2 is 1.66 bits per heavy atom. The van der Waals surface area contributed by atoms with Crippen LogP contribution in [0.25, 0.3) is 11.1 Å². The number of esters is 1. The number of rotatable bonds is 12. The molecule has 29 heavy (non-hydrogen) atoms. The van der Waals surface area contributed by atoms with E-state index in [1.54, 1.807) is 13.0 Å².